The Morgan fingerprint density at radius 3 is 2.41 bits per heavy atom. The molecule has 0 fully saturated rings. The van der Waals surface area contributed by atoms with E-state index in [0.29, 0.717) is 17.1 Å². The van der Waals surface area contributed by atoms with E-state index in [0.717, 1.165) is 12.1 Å². The number of hydrogen-bond donors (Lipinski definition) is 1. The van der Waals surface area contributed by atoms with Crippen LogP contribution in [0.15, 0.2) is 48.8 Å². The van der Waals surface area contributed by atoms with Gasteiger partial charge < -0.3 is 9.47 Å². The molecule has 10 heteroatoms. The lowest BCUT2D eigenvalue weighted by atomic mass is 10.1. The molecule has 29 heavy (non-hydrogen) atoms. The number of amides is 1. The summed E-state index contributed by atoms with van der Waals surface area (Å²) >= 11 is 0. The lowest BCUT2D eigenvalue weighted by molar-refractivity contribution is -0.137. The molecular weight excluding hydrogens is 389 g/mol. The second kappa shape index (κ2) is 8.21. The van der Waals surface area contributed by atoms with Gasteiger partial charge in [0.15, 0.2) is 0 Å². The van der Waals surface area contributed by atoms with Crippen molar-refractivity contribution in [3.8, 4) is 11.5 Å². The molecule has 1 N–H and O–H groups in total. The molecular formula is C19H17F3N4O3. The van der Waals surface area contributed by atoms with Crippen molar-refractivity contribution in [2.75, 3.05) is 19.5 Å². The molecule has 0 unspecified atom stereocenters. The number of carbonyl (C=O) groups excluding carboxylic acids is 1. The maximum atomic E-state index is 12.8. The zero-order chi connectivity index (χ0) is 21.0. The summed E-state index contributed by atoms with van der Waals surface area (Å²) in [4.78, 5) is 16.4. The van der Waals surface area contributed by atoms with Gasteiger partial charge in [0, 0.05) is 11.6 Å². The Labute approximate surface area is 164 Å². The molecule has 0 radical (unpaired) electrons. The SMILES string of the molecule is COc1cc(OC)cc(C(=O)Nc2ncn(Cc3cccc(C(F)(F)F)c3)n2)c1. The van der Waals surface area contributed by atoms with E-state index >= 15 is 0 Å². The van der Waals surface area contributed by atoms with Gasteiger partial charge in [-0.25, -0.2) is 9.67 Å². The third kappa shape index (κ3) is 5.03. The minimum absolute atomic E-state index is 0.0174. The number of rotatable bonds is 6. The molecule has 0 atom stereocenters. The van der Waals surface area contributed by atoms with Crippen LogP contribution in [-0.4, -0.2) is 34.9 Å². The summed E-state index contributed by atoms with van der Waals surface area (Å²) < 4.78 is 50.1. The zero-order valence-corrected chi connectivity index (χ0v) is 15.5. The highest BCUT2D eigenvalue weighted by Crippen LogP contribution is 2.29. The summed E-state index contributed by atoms with van der Waals surface area (Å²) in [6.07, 6.45) is -3.10. The number of nitrogens with zero attached hydrogens (tertiary/aromatic N) is 3. The van der Waals surface area contributed by atoms with Gasteiger partial charge >= 0.3 is 6.18 Å². The summed E-state index contributed by atoms with van der Waals surface area (Å²) in [6, 6.07) is 9.60. The van der Waals surface area contributed by atoms with Crippen LogP contribution in [0.1, 0.15) is 21.5 Å². The van der Waals surface area contributed by atoms with Crippen molar-refractivity contribution in [1.29, 1.82) is 0 Å². The monoisotopic (exact) mass is 406 g/mol. The summed E-state index contributed by atoms with van der Waals surface area (Å²) in [6.45, 7) is 0.0692. The first-order chi connectivity index (χ1) is 13.8. The van der Waals surface area contributed by atoms with Gasteiger partial charge in [-0.1, -0.05) is 12.1 Å². The number of alkyl halides is 3. The highest BCUT2D eigenvalue weighted by molar-refractivity contribution is 6.03. The van der Waals surface area contributed by atoms with Crippen LogP contribution in [0.3, 0.4) is 0 Å². The van der Waals surface area contributed by atoms with Crippen LogP contribution >= 0.6 is 0 Å². The molecule has 7 nitrogen and oxygen atoms in total. The van der Waals surface area contributed by atoms with Crippen LogP contribution in [-0.2, 0) is 12.7 Å². The van der Waals surface area contributed by atoms with Crippen LogP contribution in [0.2, 0.25) is 0 Å². The highest BCUT2D eigenvalue weighted by Gasteiger charge is 2.30. The Bertz CT molecular complexity index is 996. The number of benzene rings is 2. The maximum Gasteiger partial charge on any atom is 0.416 e. The number of methoxy groups -OCH3 is 2. The summed E-state index contributed by atoms with van der Waals surface area (Å²) in [5.74, 6) is 0.415. The van der Waals surface area contributed by atoms with E-state index in [4.69, 9.17) is 9.47 Å². The van der Waals surface area contributed by atoms with Gasteiger partial charge in [-0.2, -0.15) is 13.2 Å². The molecule has 1 heterocycles. The Balaban J connectivity index is 1.72. The predicted octanol–water partition coefficient (Wildman–Crippen LogP) is 3.61. The second-order valence-corrected chi connectivity index (χ2v) is 6.02. The van der Waals surface area contributed by atoms with Gasteiger partial charge in [-0.05, 0) is 29.8 Å². The molecule has 0 saturated carbocycles. The maximum absolute atomic E-state index is 12.8. The molecule has 0 aliphatic rings. The Hall–Kier alpha value is -3.56. The molecule has 0 saturated heterocycles. The van der Waals surface area contributed by atoms with Crippen molar-refractivity contribution in [1.82, 2.24) is 14.8 Å². The quantitative estimate of drug-likeness (QED) is 0.677. The van der Waals surface area contributed by atoms with Crippen LogP contribution in [0.5, 0.6) is 11.5 Å². The molecule has 0 aliphatic heterocycles. The summed E-state index contributed by atoms with van der Waals surface area (Å²) in [5.41, 5.74) is -0.0637. The molecule has 2 aromatic carbocycles. The van der Waals surface area contributed by atoms with Crippen molar-refractivity contribution in [3.63, 3.8) is 0 Å². The van der Waals surface area contributed by atoms with Crippen molar-refractivity contribution in [2.24, 2.45) is 0 Å². The van der Waals surface area contributed by atoms with Crippen molar-refractivity contribution in [2.45, 2.75) is 12.7 Å². The fourth-order valence-electron chi connectivity index (χ4n) is 2.57. The first-order valence-corrected chi connectivity index (χ1v) is 8.38. The van der Waals surface area contributed by atoms with E-state index in [1.165, 1.54) is 43.4 Å². The van der Waals surface area contributed by atoms with Crippen LogP contribution in [0, 0.1) is 0 Å². The minimum atomic E-state index is -4.42. The molecule has 3 rings (SSSR count). The van der Waals surface area contributed by atoms with E-state index in [1.54, 1.807) is 12.1 Å². The standard InChI is InChI=1S/C19H17F3N4O3/c1-28-15-7-13(8-16(9-15)29-2)17(27)24-18-23-11-26(25-18)10-12-4-3-5-14(6-12)19(20,21)22/h3-9,11H,10H2,1-2H3,(H,24,25,27). The Morgan fingerprint density at radius 1 is 1.10 bits per heavy atom. The van der Waals surface area contributed by atoms with Gasteiger partial charge in [0.1, 0.15) is 17.8 Å². The van der Waals surface area contributed by atoms with Crippen LogP contribution in [0.4, 0.5) is 19.1 Å². The molecule has 0 spiro atoms. The molecule has 0 aliphatic carbocycles. The number of halogens is 3. The highest BCUT2D eigenvalue weighted by atomic mass is 19.4. The van der Waals surface area contributed by atoms with Gasteiger partial charge in [-0.15, -0.1) is 5.10 Å². The van der Waals surface area contributed by atoms with Gasteiger partial charge in [0.25, 0.3) is 5.91 Å². The summed E-state index contributed by atoms with van der Waals surface area (Å²) in [5, 5.41) is 6.61. The number of anilines is 1. The minimum Gasteiger partial charge on any atom is -0.497 e. The molecule has 0 bridgehead atoms. The average Bonchev–Trinajstić information content (AvgIpc) is 3.13. The molecule has 152 valence electrons. The number of carbonyl (C=O) groups is 1. The second-order valence-electron chi connectivity index (χ2n) is 6.02. The molecule has 1 aromatic heterocycles. The van der Waals surface area contributed by atoms with E-state index in [1.807, 2.05) is 0 Å². The molecule has 1 amide bonds. The van der Waals surface area contributed by atoms with E-state index in [-0.39, 0.29) is 18.1 Å². The number of ether oxygens (including phenoxy) is 2. The van der Waals surface area contributed by atoms with Crippen LogP contribution < -0.4 is 14.8 Å². The predicted molar refractivity (Wildman–Crippen MR) is 98.1 cm³/mol. The first kappa shape index (κ1) is 20.2. The number of nitrogens with one attached hydrogen (secondary N) is 1. The zero-order valence-electron chi connectivity index (χ0n) is 15.5. The molecule has 3 aromatic rings. The number of hydrogen-bond acceptors (Lipinski definition) is 5. The topological polar surface area (TPSA) is 78.3 Å². The lowest BCUT2D eigenvalue weighted by Gasteiger charge is -2.08. The normalized spacial score (nSPS) is 11.2. The van der Waals surface area contributed by atoms with Crippen molar-refractivity contribution >= 4 is 11.9 Å². The third-order valence-electron chi connectivity index (χ3n) is 3.97. The first-order valence-electron chi connectivity index (χ1n) is 8.38. The van der Waals surface area contributed by atoms with Crippen molar-refractivity contribution < 1.29 is 27.4 Å². The van der Waals surface area contributed by atoms with E-state index in [2.05, 4.69) is 15.4 Å². The van der Waals surface area contributed by atoms with Crippen molar-refractivity contribution in [3.05, 3.63) is 65.5 Å². The summed E-state index contributed by atoms with van der Waals surface area (Å²) in [7, 11) is 2.93. The van der Waals surface area contributed by atoms with E-state index < -0.39 is 17.6 Å². The lowest BCUT2D eigenvalue weighted by Crippen LogP contribution is -2.14. The van der Waals surface area contributed by atoms with Gasteiger partial charge in [0.05, 0.1) is 26.3 Å². The Kier molecular flexibility index (Phi) is 5.71. The van der Waals surface area contributed by atoms with Crippen LogP contribution in [0.25, 0.3) is 0 Å². The Morgan fingerprint density at radius 2 is 1.79 bits per heavy atom. The fraction of sp³-hybridized carbons (Fsp3) is 0.211. The van der Waals surface area contributed by atoms with Gasteiger partial charge in [0.2, 0.25) is 5.95 Å². The smallest absolute Gasteiger partial charge is 0.416 e. The third-order valence-corrected chi connectivity index (χ3v) is 3.97. The average molecular weight is 406 g/mol. The number of aromatic nitrogens is 3. The van der Waals surface area contributed by atoms with Gasteiger partial charge in [-0.3, -0.25) is 10.1 Å². The fourth-order valence-corrected chi connectivity index (χ4v) is 2.57. The largest absolute Gasteiger partial charge is 0.497 e. The van der Waals surface area contributed by atoms with E-state index in [9.17, 15) is 18.0 Å².